The predicted octanol–water partition coefficient (Wildman–Crippen LogP) is 3.83. The minimum Gasteiger partial charge on any atom is -0.326 e. The van der Waals surface area contributed by atoms with Crippen LogP contribution in [0.2, 0.25) is 0 Å². The monoisotopic (exact) mass is 315 g/mol. The summed E-state index contributed by atoms with van der Waals surface area (Å²) in [5.74, 6) is 0.671. The number of carbonyl (C=O) groups is 1. The van der Waals surface area contributed by atoms with Gasteiger partial charge in [-0.3, -0.25) is 4.79 Å². The van der Waals surface area contributed by atoms with Crippen LogP contribution in [-0.4, -0.2) is 10.9 Å². The van der Waals surface area contributed by atoms with Gasteiger partial charge >= 0.3 is 0 Å². The fourth-order valence-electron chi connectivity index (χ4n) is 2.42. The molecule has 0 spiro atoms. The van der Waals surface area contributed by atoms with E-state index >= 15 is 0 Å². The van der Waals surface area contributed by atoms with Crippen molar-refractivity contribution in [2.45, 2.75) is 45.2 Å². The van der Waals surface area contributed by atoms with Gasteiger partial charge in [0.1, 0.15) is 5.01 Å². The van der Waals surface area contributed by atoms with Gasteiger partial charge in [-0.25, -0.2) is 4.98 Å². The van der Waals surface area contributed by atoms with Crippen LogP contribution in [0.1, 0.15) is 54.9 Å². The third kappa shape index (κ3) is 3.93. The van der Waals surface area contributed by atoms with Crippen LogP contribution in [0, 0.1) is 0 Å². The Morgan fingerprint density at radius 2 is 2.27 bits per heavy atom. The van der Waals surface area contributed by atoms with Gasteiger partial charge in [-0.05, 0) is 37.5 Å². The van der Waals surface area contributed by atoms with Gasteiger partial charge in [-0.15, -0.1) is 11.3 Å². The summed E-state index contributed by atoms with van der Waals surface area (Å²) in [6.07, 6.45) is 2.59. The van der Waals surface area contributed by atoms with Crippen molar-refractivity contribution in [1.82, 2.24) is 10.3 Å². The van der Waals surface area contributed by atoms with E-state index in [-0.39, 0.29) is 11.9 Å². The number of amides is 1. The van der Waals surface area contributed by atoms with E-state index < -0.39 is 0 Å². The van der Waals surface area contributed by atoms with Crippen molar-refractivity contribution in [2.24, 2.45) is 0 Å². The van der Waals surface area contributed by atoms with Crippen LogP contribution in [0.3, 0.4) is 0 Å². The van der Waals surface area contributed by atoms with Crippen molar-refractivity contribution in [3.05, 3.63) is 45.9 Å². The number of benzene rings is 1. The molecular weight excluding hydrogens is 294 g/mol. The lowest BCUT2D eigenvalue weighted by Crippen LogP contribution is -2.18. The van der Waals surface area contributed by atoms with E-state index in [2.05, 4.69) is 29.0 Å². The summed E-state index contributed by atoms with van der Waals surface area (Å²) in [5, 5.41) is 9.66. The summed E-state index contributed by atoms with van der Waals surface area (Å²) in [6, 6.07) is 8.16. The van der Waals surface area contributed by atoms with Gasteiger partial charge < -0.3 is 10.6 Å². The first-order valence-corrected chi connectivity index (χ1v) is 8.55. The third-order valence-electron chi connectivity index (χ3n) is 3.83. The summed E-state index contributed by atoms with van der Waals surface area (Å²) in [6.45, 7) is 4.43. The number of anilines is 1. The van der Waals surface area contributed by atoms with Crippen molar-refractivity contribution in [1.29, 1.82) is 0 Å². The molecule has 1 amide bonds. The minimum absolute atomic E-state index is 0.0480. The standard InChI is InChI=1S/C17H21N3OS/c1-11(14-4-3-5-15(8-14)19-12(2)21)18-9-17-20-16(10-22-17)13-6-7-13/h3-5,8,10-11,13,18H,6-7,9H2,1-2H3,(H,19,21). The van der Waals surface area contributed by atoms with Crippen LogP contribution in [0.15, 0.2) is 29.6 Å². The number of thiazole rings is 1. The summed E-state index contributed by atoms with van der Waals surface area (Å²) in [7, 11) is 0. The van der Waals surface area contributed by atoms with E-state index in [1.807, 2.05) is 18.2 Å². The van der Waals surface area contributed by atoms with Gasteiger partial charge in [-0.1, -0.05) is 12.1 Å². The molecule has 0 aliphatic heterocycles. The second kappa shape index (κ2) is 6.58. The van der Waals surface area contributed by atoms with Gasteiger partial charge in [0.25, 0.3) is 0 Å². The highest BCUT2D eigenvalue weighted by Crippen LogP contribution is 2.40. The molecule has 1 atom stereocenters. The Kier molecular flexibility index (Phi) is 4.55. The average Bonchev–Trinajstić information content (AvgIpc) is 3.23. The number of aromatic nitrogens is 1. The van der Waals surface area contributed by atoms with Gasteiger partial charge in [0.15, 0.2) is 0 Å². The Labute approximate surface area is 135 Å². The number of nitrogens with zero attached hydrogens (tertiary/aromatic N) is 1. The lowest BCUT2D eigenvalue weighted by molar-refractivity contribution is -0.114. The van der Waals surface area contributed by atoms with Crippen molar-refractivity contribution in [2.75, 3.05) is 5.32 Å². The zero-order valence-corrected chi connectivity index (χ0v) is 13.7. The van der Waals surface area contributed by atoms with E-state index in [1.54, 1.807) is 11.3 Å². The zero-order chi connectivity index (χ0) is 15.5. The summed E-state index contributed by atoms with van der Waals surface area (Å²) in [5.41, 5.74) is 3.26. The highest BCUT2D eigenvalue weighted by molar-refractivity contribution is 7.09. The maximum atomic E-state index is 11.1. The Hall–Kier alpha value is -1.72. The normalized spacial score (nSPS) is 15.5. The van der Waals surface area contributed by atoms with Gasteiger partial charge in [0.05, 0.1) is 5.69 Å². The first-order valence-electron chi connectivity index (χ1n) is 7.67. The number of nitrogens with one attached hydrogen (secondary N) is 2. The lowest BCUT2D eigenvalue weighted by atomic mass is 10.1. The van der Waals surface area contributed by atoms with Crippen molar-refractivity contribution in [3.8, 4) is 0 Å². The fourth-order valence-corrected chi connectivity index (χ4v) is 3.25. The minimum atomic E-state index is -0.0480. The molecular formula is C17H21N3OS. The highest BCUT2D eigenvalue weighted by Gasteiger charge is 2.25. The van der Waals surface area contributed by atoms with Gasteiger partial charge in [-0.2, -0.15) is 0 Å². The molecule has 4 nitrogen and oxygen atoms in total. The topological polar surface area (TPSA) is 54.0 Å². The van der Waals surface area contributed by atoms with Crippen LogP contribution in [0.4, 0.5) is 5.69 Å². The van der Waals surface area contributed by atoms with Crippen molar-refractivity contribution >= 4 is 22.9 Å². The molecule has 0 bridgehead atoms. The van der Waals surface area contributed by atoms with Crippen LogP contribution < -0.4 is 10.6 Å². The van der Waals surface area contributed by atoms with E-state index in [9.17, 15) is 4.79 Å². The number of carbonyl (C=O) groups excluding carboxylic acids is 1. The Morgan fingerprint density at radius 3 is 3.00 bits per heavy atom. The van der Waals surface area contributed by atoms with Crippen LogP contribution >= 0.6 is 11.3 Å². The summed E-state index contributed by atoms with van der Waals surface area (Å²) < 4.78 is 0. The van der Waals surface area contributed by atoms with Crippen molar-refractivity contribution < 1.29 is 4.79 Å². The molecule has 22 heavy (non-hydrogen) atoms. The Balaban J connectivity index is 1.58. The number of rotatable bonds is 6. The quantitative estimate of drug-likeness (QED) is 0.852. The van der Waals surface area contributed by atoms with E-state index in [1.165, 1.54) is 25.5 Å². The Morgan fingerprint density at radius 1 is 1.45 bits per heavy atom. The lowest BCUT2D eigenvalue weighted by Gasteiger charge is -2.14. The first-order chi connectivity index (χ1) is 10.6. The van der Waals surface area contributed by atoms with Gasteiger partial charge in [0.2, 0.25) is 5.91 Å². The molecule has 1 unspecified atom stereocenters. The molecule has 1 saturated carbocycles. The van der Waals surface area contributed by atoms with Crippen LogP contribution in [-0.2, 0) is 11.3 Å². The summed E-state index contributed by atoms with van der Waals surface area (Å²) in [4.78, 5) is 15.8. The van der Waals surface area contributed by atoms with Gasteiger partial charge in [0, 0.05) is 36.5 Å². The first kappa shape index (κ1) is 15.2. The molecule has 3 rings (SSSR count). The molecule has 2 aromatic rings. The zero-order valence-electron chi connectivity index (χ0n) is 12.9. The molecule has 1 aliphatic carbocycles. The molecule has 116 valence electrons. The second-order valence-corrected chi connectivity index (χ2v) is 6.79. The molecule has 1 aromatic carbocycles. The smallest absolute Gasteiger partial charge is 0.221 e. The van der Waals surface area contributed by atoms with Crippen LogP contribution in [0.25, 0.3) is 0 Å². The maximum Gasteiger partial charge on any atom is 0.221 e. The molecule has 1 fully saturated rings. The van der Waals surface area contributed by atoms with E-state index in [0.717, 1.165) is 28.7 Å². The molecule has 5 heteroatoms. The highest BCUT2D eigenvalue weighted by atomic mass is 32.1. The van der Waals surface area contributed by atoms with E-state index in [0.29, 0.717) is 0 Å². The Bertz CT molecular complexity index is 663. The third-order valence-corrected chi connectivity index (χ3v) is 4.70. The van der Waals surface area contributed by atoms with Crippen LogP contribution in [0.5, 0.6) is 0 Å². The number of hydrogen-bond acceptors (Lipinski definition) is 4. The number of hydrogen-bond donors (Lipinski definition) is 2. The molecule has 0 radical (unpaired) electrons. The molecule has 1 heterocycles. The largest absolute Gasteiger partial charge is 0.326 e. The molecule has 0 saturated heterocycles. The maximum absolute atomic E-state index is 11.1. The second-order valence-electron chi connectivity index (χ2n) is 5.85. The summed E-state index contributed by atoms with van der Waals surface area (Å²) >= 11 is 1.74. The SMILES string of the molecule is CC(=O)Nc1cccc(C(C)NCc2nc(C3CC3)cs2)c1. The molecule has 1 aromatic heterocycles. The van der Waals surface area contributed by atoms with Crippen molar-refractivity contribution in [3.63, 3.8) is 0 Å². The molecule has 1 aliphatic rings. The molecule has 2 N–H and O–H groups in total. The predicted molar refractivity (Wildman–Crippen MR) is 90.1 cm³/mol. The average molecular weight is 315 g/mol. The fraction of sp³-hybridized carbons (Fsp3) is 0.412. The van der Waals surface area contributed by atoms with E-state index in [4.69, 9.17) is 4.98 Å².